The lowest BCUT2D eigenvalue weighted by molar-refractivity contribution is 0.356. The Hall–Kier alpha value is -0.860. The predicted molar refractivity (Wildman–Crippen MR) is 60.4 cm³/mol. The van der Waals surface area contributed by atoms with Gasteiger partial charge in [-0.25, -0.2) is 0 Å². The molecule has 0 spiro atoms. The minimum atomic E-state index is 0.528. The quantitative estimate of drug-likeness (QED) is 0.548. The van der Waals surface area contributed by atoms with Crippen LogP contribution in [0.25, 0.3) is 0 Å². The molecule has 0 bridgehead atoms. The number of hydrogen-bond donors (Lipinski definition) is 0. The first kappa shape index (κ1) is 11.2. The molecule has 0 unspecified atom stereocenters. The maximum absolute atomic E-state index is 5.66. The van der Waals surface area contributed by atoms with E-state index < -0.39 is 0 Å². The van der Waals surface area contributed by atoms with Gasteiger partial charge in [0.05, 0.1) is 0 Å². The van der Waals surface area contributed by atoms with Crippen LogP contribution < -0.4 is 0 Å². The maximum Gasteiger partial charge on any atom is 0.0443 e. The summed E-state index contributed by atoms with van der Waals surface area (Å²) in [4.78, 5) is 6.15. The zero-order valence-corrected chi connectivity index (χ0v) is 9.17. The molecule has 0 atom stereocenters. The van der Waals surface area contributed by atoms with Crippen molar-refractivity contribution in [1.82, 2.24) is 9.88 Å². The van der Waals surface area contributed by atoms with Gasteiger partial charge in [0, 0.05) is 31.4 Å². The van der Waals surface area contributed by atoms with Gasteiger partial charge in [-0.2, -0.15) is 0 Å². The summed E-state index contributed by atoms with van der Waals surface area (Å²) in [5, 5.41) is 0. The number of nitrogens with zero attached hydrogens (tertiary/aromatic N) is 2. The van der Waals surface area contributed by atoms with Crippen molar-refractivity contribution in [3.05, 3.63) is 42.2 Å². The van der Waals surface area contributed by atoms with Crippen LogP contribution in [0.15, 0.2) is 36.7 Å². The van der Waals surface area contributed by atoms with Gasteiger partial charge in [0.2, 0.25) is 0 Å². The Kier molecular flexibility index (Phi) is 4.63. The van der Waals surface area contributed by atoms with Gasteiger partial charge in [-0.1, -0.05) is 6.58 Å². The topological polar surface area (TPSA) is 16.1 Å². The molecule has 0 fully saturated rings. The number of aromatic nitrogens is 1. The van der Waals surface area contributed by atoms with Gasteiger partial charge in [0.1, 0.15) is 0 Å². The molecule has 0 aliphatic heterocycles. The Morgan fingerprint density at radius 3 is 2.71 bits per heavy atom. The van der Waals surface area contributed by atoms with Crippen LogP contribution in [0.3, 0.4) is 0 Å². The molecule has 0 N–H and O–H groups in total. The van der Waals surface area contributed by atoms with E-state index in [1.807, 2.05) is 12.1 Å². The summed E-state index contributed by atoms with van der Waals surface area (Å²) in [5.74, 6) is 0.528. The molecule has 76 valence electrons. The summed E-state index contributed by atoms with van der Waals surface area (Å²) >= 11 is 5.66. The van der Waals surface area contributed by atoms with E-state index in [4.69, 9.17) is 11.6 Å². The summed E-state index contributed by atoms with van der Waals surface area (Å²) in [6, 6.07) is 4.03. The van der Waals surface area contributed by atoms with E-state index in [-0.39, 0.29) is 0 Å². The van der Waals surface area contributed by atoms with Crippen LogP contribution in [0.2, 0.25) is 0 Å². The number of likely N-dealkylation sites (N-methyl/N-ethyl adjacent to an activating group) is 1. The molecule has 2 nitrogen and oxygen atoms in total. The molecule has 0 aromatic carbocycles. The lowest BCUT2D eigenvalue weighted by Gasteiger charge is -2.16. The minimum Gasteiger partial charge on any atom is -0.298 e. The molecule has 14 heavy (non-hydrogen) atoms. The SMILES string of the molecule is C=C(CCl)CN(C)Cc1ccncc1. The van der Waals surface area contributed by atoms with Gasteiger partial charge in [-0.15, -0.1) is 11.6 Å². The van der Waals surface area contributed by atoms with Gasteiger partial charge in [-0.05, 0) is 30.3 Å². The van der Waals surface area contributed by atoms with E-state index in [1.165, 1.54) is 5.56 Å². The summed E-state index contributed by atoms with van der Waals surface area (Å²) in [6.45, 7) is 5.61. The predicted octanol–water partition coefficient (Wildman–Crippen LogP) is 2.31. The Bertz CT molecular complexity index is 285. The van der Waals surface area contributed by atoms with Crippen molar-refractivity contribution in [3.63, 3.8) is 0 Å². The first-order valence-corrected chi connectivity index (χ1v) is 5.06. The van der Waals surface area contributed by atoms with Crippen molar-refractivity contribution in [2.45, 2.75) is 6.54 Å². The zero-order chi connectivity index (χ0) is 10.4. The number of hydrogen-bond acceptors (Lipinski definition) is 2. The van der Waals surface area contributed by atoms with Gasteiger partial charge in [-0.3, -0.25) is 9.88 Å². The molecule has 0 aliphatic carbocycles. The van der Waals surface area contributed by atoms with Gasteiger partial charge in [0.15, 0.2) is 0 Å². The van der Waals surface area contributed by atoms with Gasteiger partial charge in [0.25, 0.3) is 0 Å². The summed E-state index contributed by atoms with van der Waals surface area (Å²) in [6.07, 6.45) is 3.61. The monoisotopic (exact) mass is 210 g/mol. The van der Waals surface area contributed by atoms with Crippen LogP contribution in [-0.2, 0) is 6.54 Å². The Labute approximate surface area is 90.2 Å². The lowest BCUT2D eigenvalue weighted by atomic mass is 10.2. The molecule has 0 amide bonds. The van der Waals surface area contributed by atoms with Crippen LogP contribution in [0.1, 0.15) is 5.56 Å². The normalized spacial score (nSPS) is 10.5. The summed E-state index contributed by atoms with van der Waals surface area (Å²) < 4.78 is 0. The molecular weight excluding hydrogens is 196 g/mol. The first-order chi connectivity index (χ1) is 6.72. The van der Waals surface area contributed by atoms with Crippen molar-refractivity contribution >= 4 is 11.6 Å². The first-order valence-electron chi connectivity index (χ1n) is 4.52. The third kappa shape index (κ3) is 3.90. The second kappa shape index (κ2) is 5.78. The Morgan fingerprint density at radius 2 is 2.14 bits per heavy atom. The van der Waals surface area contributed by atoms with Crippen LogP contribution in [0.5, 0.6) is 0 Å². The highest BCUT2D eigenvalue weighted by Gasteiger charge is 2.01. The van der Waals surface area contributed by atoms with Crippen LogP contribution in [-0.4, -0.2) is 29.4 Å². The smallest absolute Gasteiger partial charge is 0.0443 e. The number of pyridine rings is 1. The van der Waals surface area contributed by atoms with E-state index in [2.05, 4.69) is 23.5 Å². The fourth-order valence-corrected chi connectivity index (χ4v) is 1.36. The van der Waals surface area contributed by atoms with Crippen molar-refractivity contribution in [2.75, 3.05) is 19.5 Å². The van der Waals surface area contributed by atoms with Crippen LogP contribution >= 0.6 is 11.6 Å². The molecule has 1 aromatic heterocycles. The maximum atomic E-state index is 5.66. The minimum absolute atomic E-state index is 0.528. The van der Waals surface area contributed by atoms with Crippen molar-refractivity contribution in [3.8, 4) is 0 Å². The Morgan fingerprint density at radius 1 is 1.50 bits per heavy atom. The summed E-state index contributed by atoms with van der Waals surface area (Å²) in [5.41, 5.74) is 2.30. The molecule has 0 aliphatic rings. The zero-order valence-electron chi connectivity index (χ0n) is 8.41. The lowest BCUT2D eigenvalue weighted by Crippen LogP contribution is -2.20. The van der Waals surface area contributed by atoms with Crippen molar-refractivity contribution in [2.24, 2.45) is 0 Å². The van der Waals surface area contributed by atoms with E-state index in [0.29, 0.717) is 5.88 Å². The fraction of sp³-hybridized carbons (Fsp3) is 0.364. The molecule has 0 saturated heterocycles. The molecule has 1 aromatic rings. The molecule has 0 radical (unpaired) electrons. The highest BCUT2D eigenvalue weighted by atomic mass is 35.5. The molecule has 1 heterocycles. The van der Waals surface area contributed by atoms with Gasteiger partial charge < -0.3 is 0 Å². The summed E-state index contributed by atoms with van der Waals surface area (Å²) in [7, 11) is 2.05. The number of halogens is 1. The number of alkyl halides is 1. The molecule has 3 heteroatoms. The highest BCUT2D eigenvalue weighted by Crippen LogP contribution is 2.03. The van der Waals surface area contributed by atoms with Gasteiger partial charge >= 0.3 is 0 Å². The van der Waals surface area contributed by atoms with E-state index >= 15 is 0 Å². The van der Waals surface area contributed by atoms with Crippen molar-refractivity contribution in [1.29, 1.82) is 0 Å². The third-order valence-corrected chi connectivity index (χ3v) is 2.26. The average Bonchev–Trinajstić information content (AvgIpc) is 2.19. The van der Waals surface area contributed by atoms with E-state index in [1.54, 1.807) is 12.4 Å². The van der Waals surface area contributed by atoms with Crippen LogP contribution in [0.4, 0.5) is 0 Å². The molecule has 0 saturated carbocycles. The van der Waals surface area contributed by atoms with E-state index in [0.717, 1.165) is 18.7 Å². The Balaban J connectivity index is 2.41. The standard InChI is InChI=1S/C11H15ClN2/c1-10(7-12)8-14(2)9-11-3-5-13-6-4-11/h3-6H,1,7-9H2,2H3. The fourth-order valence-electron chi connectivity index (χ4n) is 1.28. The molecular formula is C11H15ClN2. The third-order valence-electron chi connectivity index (χ3n) is 1.88. The van der Waals surface area contributed by atoms with Crippen LogP contribution in [0, 0.1) is 0 Å². The average molecular weight is 211 g/mol. The highest BCUT2D eigenvalue weighted by molar-refractivity contribution is 6.19. The van der Waals surface area contributed by atoms with E-state index in [9.17, 15) is 0 Å². The second-order valence-electron chi connectivity index (χ2n) is 3.41. The molecule has 1 rings (SSSR count). The van der Waals surface area contributed by atoms with Crippen molar-refractivity contribution < 1.29 is 0 Å². The number of rotatable bonds is 5. The second-order valence-corrected chi connectivity index (χ2v) is 3.68. The largest absolute Gasteiger partial charge is 0.298 e.